The largest absolute Gasteiger partial charge is 0.481 e. The van der Waals surface area contributed by atoms with Crippen molar-refractivity contribution < 1.29 is 19.4 Å². The molecular weight excluding hydrogens is 272 g/mol. The van der Waals surface area contributed by atoms with Crippen LogP contribution in [0.2, 0.25) is 0 Å². The fourth-order valence-electron chi connectivity index (χ4n) is 2.55. The van der Waals surface area contributed by atoms with E-state index < -0.39 is 5.97 Å². The molecule has 0 aromatic heterocycles. The van der Waals surface area contributed by atoms with Crippen LogP contribution in [0.25, 0.3) is 0 Å². The van der Waals surface area contributed by atoms with Gasteiger partial charge in [-0.25, -0.2) is 4.79 Å². The second kappa shape index (κ2) is 9.60. The number of piperidine rings is 1. The minimum atomic E-state index is -0.763. The third-order valence-electron chi connectivity index (χ3n) is 3.83. The third kappa shape index (κ3) is 7.32. The first kappa shape index (κ1) is 17.8. The van der Waals surface area contributed by atoms with Gasteiger partial charge in [-0.3, -0.25) is 4.79 Å². The highest BCUT2D eigenvalue weighted by Gasteiger charge is 2.23. The van der Waals surface area contributed by atoms with Crippen LogP contribution in [0, 0.1) is 5.92 Å². The molecule has 21 heavy (non-hydrogen) atoms. The molecule has 1 aliphatic heterocycles. The Morgan fingerprint density at radius 3 is 2.86 bits per heavy atom. The van der Waals surface area contributed by atoms with E-state index in [1.807, 2.05) is 18.7 Å². The van der Waals surface area contributed by atoms with Crippen LogP contribution in [0.3, 0.4) is 0 Å². The molecule has 0 aromatic carbocycles. The summed E-state index contributed by atoms with van der Waals surface area (Å²) >= 11 is 0. The summed E-state index contributed by atoms with van der Waals surface area (Å²) in [5.41, 5.74) is 0. The molecule has 1 rings (SSSR count). The number of rotatable bonds is 8. The number of likely N-dealkylation sites (tertiary alicyclic amines) is 1. The number of nitrogens with one attached hydrogen (secondary N) is 1. The highest BCUT2D eigenvalue weighted by molar-refractivity contribution is 5.74. The summed E-state index contributed by atoms with van der Waals surface area (Å²) in [4.78, 5) is 24.4. The summed E-state index contributed by atoms with van der Waals surface area (Å²) in [6.07, 6.45) is 3.81. The second-order valence-electron chi connectivity index (χ2n) is 5.72. The Balaban J connectivity index is 2.19. The number of carbonyl (C=O) groups is 2. The van der Waals surface area contributed by atoms with E-state index in [9.17, 15) is 9.59 Å². The van der Waals surface area contributed by atoms with E-state index in [1.165, 1.54) is 0 Å². The zero-order chi connectivity index (χ0) is 15.7. The van der Waals surface area contributed by atoms with Crippen LogP contribution in [0.15, 0.2) is 0 Å². The van der Waals surface area contributed by atoms with E-state index in [1.54, 1.807) is 0 Å². The minimum Gasteiger partial charge on any atom is -0.481 e. The van der Waals surface area contributed by atoms with E-state index in [4.69, 9.17) is 9.84 Å². The molecule has 2 unspecified atom stereocenters. The minimum absolute atomic E-state index is 0.0372. The topological polar surface area (TPSA) is 78.9 Å². The molecule has 1 heterocycles. The summed E-state index contributed by atoms with van der Waals surface area (Å²) in [5, 5.41) is 11.5. The van der Waals surface area contributed by atoms with Gasteiger partial charge >= 0.3 is 12.0 Å². The summed E-state index contributed by atoms with van der Waals surface area (Å²) in [6, 6.07) is -0.0372. The number of carboxylic acids is 1. The molecule has 2 atom stereocenters. The van der Waals surface area contributed by atoms with Crippen molar-refractivity contribution in [1.82, 2.24) is 10.2 Å². The smallest absolute Gasteiger partial charge is 0.317 e. The number of urea groups is 1. The van der Waals surface area contributed by atoms with E-state index in [0.717, 1.165) is 25.8 Å². The lowest BCUT2D eigenvalue weighted by molar-refractivity contribution is -0.137. The first-order chi connectivity index (χ1) is 10.0. The van der Waals surface area contributed by atoms with Crippen LogP contribution in [-0.4, -0.2) is 54.4 Å². The maximum absolute atomic E-state index is 12.1. The SMILES string of the molecule is CCOC1CCCN(C(=O)NCCC(C)CCC(=O)O)C1. The van der Waals surface area contributed by atoms with Gasteiger partial charge in [0.05, 0.1) is 6.10 Å². The Hall–Kier alpha value is -1.30. The number of carboxylic acid groups (broad SMARTS) is 1. The van der Waals surface area contributed by atoms with Crippen molar-refractivity contribution in [2.75, 3.05) is 26.2 Å². The van der Waals surface area contributed by atoms with Crippen LogP contribution < -0.4 is 5.32 Å². The van der Waals surface area contributed by atoms with Gasteiger partial charge in [0, 0.05) is 32.7 Å². The summed E-state index contributed by atoms with van der Waals surface area (Å²) < 4.78 is 5.58. The Morgan fingerprint density at radius 2 is 2.19 bits per heavy atom. The molecule has 1 saturated heterocycles. The Labute approximate surface area is 126 Å². The molecule has 6 nitrogen and oxygen atoms in total. The molecule has 0 bridgehead atoms. The monoisotopic (exact) mass is 300 g/mol. The zero-order valence-corrected chi connectivity index (χ0v) is 13.1. The van der Waals surface area contributed by atoms with Gasteiger partial charge in [-0.15, -0.1) is 0 Å². The van der Waals surface area contributed by atoms with E-state index in [0.29, 0.717) is 32.0 Å². The summed E-state index contributed by atoms with van der Waals surface area (Å²) in [7, 11) is 0. The lowest BCUT2D eigenvalue weighted by Crippen LogP contribution is -2.48. The molecule has 0 aromatic rings. The standard InChI is InChI=1S/C15H28N2O4/c1-3-21-13-5-4-10-17(11-13)15(20)16-9-8-12(2)6-7-14(18)19/h12-13H,3-11H2,1-2H3,(H,16,20)(H,18,19). The van der Waals surface area contributed by atoms with Gasteiger partial charge < -0.3 is 20.1 Å². The van der Waals surface area contributed by atoms with Gasteiger partial charge in [-0.05, 0) is 38.5 Å². The van der Waals surface area contributed by atoms with Crippen molar-refractivity contribution in [3.8, 4) is 0 Å². The predicted octanol–water partition coefficient (Wildman–Crippen LogP) is 2.09. The molecule has 122 valence electrons. The van der Waals surface area contributed by atoms with Crippen molar-refractivity contribution in [3.63, 3.8) is 0 Å². The molecule has 1 aliphatic rings. The summed E-state index contributed by atoms with van der Waals surface area (Å²) in [5.74, 6) is -0.458. The lowest BCUT2D eigenvalue weighted by atomic mass is 10.0. The lowest BCUT2D eigenvalue weighted by Gasteiger charge is -2.32. The average molecular weight is 300 g/mol. The average Bonchev–Trinajstić information content (AvgIpc) is 2.45. The quantitative estimate of drug-likeness (QED) is 0.719. The number of nitrogens with zero attached hydrogens (tertiary/aromatic N) is 1. The number of ether oxygens (including phenoxy) is 1. The van der Waals surface area contributed by atoms with Crippen LogP contribution in [0.5, 0.6) is 0 Å². The molecule has 0 radical (unpaired) electrons. The van der Waals surface area contributed by atoms with E-state index >= 15 is 0 Å². The maximum atomic E-state index is 12.1. The van der Waals surface area contributed by atoms with Gasteiger partial charge in [0.15, 0.2) is 0 Å². The van der Waals surface area contributed by atoms with Crippen LogP contribution >= 0.6 is 0 Å². The maximum Gasteiger partial charge on any atom is 0.317 e. The van der Waals surface area contributed by atoms with Crippen molar-refractivity contribution in [3.05, 3.63) is 0 Å². The van der Waals surface area contributed by atoms with Crippen molar-refractivity contribution in [2.45, 2.75) is 52.1 Å². The molecule has 2 N–H and O–H groups in total. The highest BCUT2D eigenvalue weighted by Crippen LogP contribution is 2.13. The van der Waals surface area contributed by atoms with Crippen molar-refractivity contribution in [2.24, 2.45) is 5.92 Å². The first-order valence-corrected chi connectivity index (χ1v) is 7.89. The van der Waals surface area contributed by atoms with Gasteiger partial charge in [0.1, 0.15) is 0 Å². The fourth-order valence-corrected chi connectivity index (χ4v) is 2.55. The normalized spacial score (nSPS) is 20.1. The number of aliphatic carboxylic acids is 1. The number of hydrogen-bond acceptors (Lipinski definition) is 3. The van der Waals surface area contributed by atoms with Gasteiger partial charge in [-0.2, -0.15) is 0 Å². The van der Waals surface area contributed by atoms with Crippen LogP contribution in [-0.2, 0) is 9.53 Å². The van der Waals surface area contributed by atoms with Gasteiger partial charge in [-0.1, -0.05) is 6.92 Å². The van der Waals surface area contributed by atoms with Gasteiger partial charge in [0.25, 0.3) is 0 Å². The van der Waals surface area contributed by atoms with Crippen LogP contribution in [0.4, 0.5) is 4.79 Å². The Kier molecular flexibility index (Phi) is 8.12. The van der Waals surface area contributed by atoms with E-state index in [-0.39, 0.29) is 18.6 Å². The predicted molar refractivity (Wildman–Crippen MR) is 80.3 cm³/mol. The highest BCUT2D eigenvalue weighted by atomic mass is 16.5. The zero-order valence-electron chi connectivity index (χ0n) is 13.1. The fraction of sp³-hybridized carbons (Fsp3) is 0.867. The number of hydrogen-bond donors (Lipinski definition) is 2. The molecule has 0 spiro atoms. The third-order valence-corrected chi connectivity index (χ3v) is 3.83. The molecule has 2 amide bonds. The second-order valence-corrected chi connectivity index (χ2v) is 5.72. The van der Waals surface area contributed by atoms with E-state index in [2.05, 4.69) is 5.32 Å². The summed E-state index contributed by atoms with van der Waals surface area (Å²) in [6.45, 7) is 6.70. The number of amides is 2. The van der Waals surface area contributed by atoms with Crippen LogP contribution in [0.1, 0.15) is 46.0 Å². The Bertz CT molecular complexity index is 334. The number of carbonyl (C=O) groups excluding carboxylic acids is 1. The molecule has 0 aliphatic carbocycles. The molecule has 0 saturated carbocycles. The molecule has 6 heteroatoms. The molecule has 1 fully saturated rings. The molecular formula is C15H28N2O4. The van der Waals surface area contributed by atoms with Gasteiger partial charge in [0.2, 0.25) is 0 Å². The van der Waals surface area contributed by atoms with Crippen molar-refractivity contribution >= 4 is 12.0 Å². The van der Waals surface area contributed by atoms with Crippen molar-refractivity contribution in [1.29, 1.82) is 0 Å². The Morgan fingerprint density at radius 1 is 1.43 bits per heavy atom. The first-order valence-electron chi connectivity index (χ1n) is 7.89.